The molecule has 0 saturated carbocycles. The normalized spacial score (nSPS) is 13.9. The number of alkyl carbamates (subject to hydrolysis) is 1. The molecule has 0 radical (unpaired) electrons. The number of carbonyl (C=O) groups is 3. The Morgan fingerprint density at radius 1 is 0.971 bits per heavy atom. The first kappa shape index (κ1) is 25.6. The van der Waals surface area contributed by atoms with Crippen molar-refractivity contribution >= 4 is 29.7 Å². The monoisotopic (exact) mass is 484 g/mol. The molecule has 2 aromatic rings. The highest BCUT2D eigenvalue weighted by atomic mass is 32.2. The predicted octanol–water partition coefficient (Wildman–Crippen LogP) is 4.41. The molecule has 2 amide bonds. The van der Waals surface area contributed by atoms with Crippen molar-refractivity contribution in [2.75, 3.05) is 18.6 Å². The van der Waals surface area contributed by atoms with Crippen molar-refractivity contribution in [3.05, 3.63) is 59.7 Å². The van der Waals surface area contributed by atoms with Crippen LogP contribution in [0, 0.1) is 0 Å². The lowest BCUT2D eigenvalue weighted by Gasteiger charge is -2.22. The highest BCUT2D eigenvalue weighted by molar-refractivity contribution is 7.98. The predicted molar refractivity (Wildman–Crippen MR) is 134 cm³/mol. The third-order valence-corrected chi connectivity index (χ3v) is 6.67. The van der Waals surface area contributed by atoms with Crippen LogP contribution in [0.15, 0.2) is 48.5 Å². The van der Waals surface area contributed by atoms with E-state index in [9.17, 15) is 19.5 Å². The number of carbonyl (C=O) groups excluding carboxylic acids is 2. The van der Waals surface area contributed by atoms with Crippen LogP contribution < -0.4 is 10.6 Å². The van der Waals surface area contributed by atoms with Gasteiger partial charge in [-0.05, 0) is 47.1 Å². The van der Waals surface area contributed by atoms with Crippen LogP contribution in [0.25, 0.3) is 11.1 Å². The van der Waals surface area contributed by atoms with Gasteiger partial charge in [-0.15, -0.1) is 0 Å². The van der Waals surface area contributed by atoms with Crippen LogP contribution in [-0.4, -0.2) is 53.8 Å². The van der Waals surface area contributed by atoms with Crippen molar-refractivity contribution in [3.63, 3.8) is 0 Å². The topological polar surface area (TPSA) is 105 Å². The zero-order chi connectivity index (χ0) is 24.5. The van der Waals surface area contributed by atoms with E-state index in [1.807, 2.05) is 49.6 Å². The number of thioether (sulfide) groups is 1. The number of rotatable bonds is 12. The first-order valence-electron chi connectivity index (χ1n) is 11.6. The van der Waals surface area contributed by atoms with E-state index < -0.39 is 30.1 Å². The van der Waals surface area contributed by atoms with Crippen molar-refractivity contribution < 1.29 is 24.2 Å². The third-order valence-electron chi connectivity index (χ3n) is 6.02. The molecule has 1 aliphatic rings. The van der Waals surface area contributed by atoms with Crippen LogP contribution in [0.2, 0.25) is 0 Å². The van der Waals surface area contributed by atoms with E-state index >= 15 is 0 Å². The molecule has 0 spiro atoms. The second kappa shape index (κ2) is 12.5. The molecule has 8 heteroatoms. The lowest BCUT2D eigenvalue weighted by molar-refractivity contribution is -0.142. The molecule has 1 aliphatic carbocycles. The first-order chi connectivity index (χ1) is 16.5. The summed E-state index contributed by atoms with van der Waals surface area (Å²) in [6, 6.07) is 14.3. The van der Waals surface area contributed by atoms with Gasteiger partial charge in [-0.25, -0.2) is 9.59 Å². The number of fused-ring (bicyclic) bond motifs is 3. The summed E-state index contributed by atoms with van der Waals surface area (Å²) in [4.78, 5) is 37.0. The second-order valence-electron chi connectivity index (χ2n) is 8.35. The Bertz CT molecular complexity index is 967. The van der Waals surface area contributed by atoms with Gasteiger partial charge in [0, 0.05) is 5.92 Å². The number of aliphatic carboxylic acids is 1. The molecule has 182 valence electrons. The Labute approximate surface area is 204 Å². The minimum Gasteiger partial charge on any atom is -0.480 e. The maximum absolute atomic E-state index is 12.8. The summed E-state index contributed by atoms with van der Waals surface area (Å²) >= 11 is 1.51. The van der Waals surface area contributed by atoms with E-state index in [4.69, 9.17) is 4.74 Å². The average molecular weight is 485 g/mol. The van der Waals surface area contributed by atoms with Gasteiger partial charge in [0.15, 0.2) is 0 Å². The molecule has 0 aliphatic heterocycles. The summed E-state index contributed by atoms with van der Waals surface area (Å²) in [5.41, 5.74) is 4.49. The van der Waals surface area contributed by atoms with Gasteiger partial charge in [0.25, 0.3) is 0 Å². The maximum Gasteiger partial charge on any atom is 0.407 e. The third kappa shape index (κ3) is 6.32. The molecular formula is C26H32N2O5S. The fourth-order valence-corrected chi connectivity index (χ4v) is 4.70. The number of carboxylic acid groups (broad SMARTS) is 1. The minimum absolute atomic E-state index is 0.0796. The molecule has 3 N–H and O–H groups in total. The van der Waals surface area contributed by atoms with Crippen LogP contribution in [0.4, 0.5) is 4.79 Å². The number of carboxylic acids is 1. The standard InChI is InChI=1S/C26H32N2O5S/c1-3-4-13-22(24(29)27-23(25(30)31)14-15-34-2)28-26(32)33-16-21-19-11-7-5-9-17(19)18-10-6-8-12-20(18)21/h5-12,21-23H,3-4,13-16H2,1-2H3,(H,27,29)(H,28,32)(H,30,31). The zero-order valence-electron chi connectivity index (χ0n) is 19.6. The smallest absolute Gasteiger partial charge is 0.407 e. The Morgan fingerprint density at radius 3 is 2.15 bits per heavy atom. The van der Waals surface area contributed by atoms with Crippen molar-refractivity contribution in [2.24, 2.45) is 0 Å². The molecule has 34 heavy (non-hydrogen) atoms. The molecule has 0 fully saturated rings. The summed E-state index contributed by atoms with van der Waals surface area (Å²) in [7, 11) is 0. The number of ether oxygens (including phenoxy) is 1. The molecule has 0 aromatic heterocycles. The summed E-state index contributed by atoms with van der Waals surface area (Å²) < 4.78 is 5.57. The first-order valence-corrected chi connectivity index (χ1v) is 13.0. The van der Waals surface area contributed by atoms with E-state index in [0.717, 1.165) is 28.7 Å². The summed E-state index contributed by atoms with van der Waals surface area (Å²) in [5, 5.41) is 14.6. The molecule has 3 rings (SSSR count). The summed E-state index contributed by atoms with van der Waals surface area (Å²) in [6.45, 7) is 2.13. The molecule has 0 heterocycles. The van der Waals surface area contributed by atoms with Crippen molar-refractivity contribution in [2.45, 2.75) is 50.6 Å². The van der Waals surface area contributed by atoms with E-state index in [1.165, 1.54) is 11.8 Å². The molecule has 0 saturated heterocycles. The van der Waals surface area contributed by atoms with Crippen LogP contribution in [0.1, 0.15) is 49.7 Å². The molecule has 7 nitrogen and oxygen atoms in total. The van der Waals surface area contributed by atoms with Crippen LogP contribution >= 0.6 is 11.8 Å². The lowest BCUT2D eigenvalue weighted by atomic mass is 9.98. The number of unbranched alkanes of at least 4 members (excludes halogenated alkanes) is 1. The Hall–Kier alpha value is -3.00. The number of amides is 2. The summed E-state index contributed by atoms with van der Waals surface area (Å²) in [5.74, 6) is -1.06. The molecule has 0 bridgehead atoms. The van der Waals surface area contributed by atoms with Crippen LogP contribution in [0.5, 0.6) is 0 Å². The largest absolute Gasteiger partial charge is 0.480 e. The van der Waals surface area contributed by atoms with Gasteiger partial charge < -0.3 is 20.5 Å². The van der Waals surface area contributed by atoms with Gasteiger partial charge in [0.05, 0.1) is 0 Å². The highest BCUT2D eigenvalue weighted by Crippen LogP contribution is 2.44. The highest BCUT2D eigenvalue weighted by Gasteiger charge is 2.30. The number of nitrogens with one attached hydrogen (secondary N) is 2. The number of benzene rings is 2. The van der Waals surface area contributed by atoms with E-state index in [1.54, 1.807) is 0 Å². The summed E-state index contributed by atoms with van der Waals surface area (Å²) in [6.07, 6.45) is 3.46. The maximum atomic E-state index is 12.8. The SMILES string of the molecule is CCCCC(NC(=O)OCC1c2ccccc2-c2ccccc21)C(=O)NC(CCSC)C(=O)O. The van der Waals surface area contributed by atoms with Gasteiger partial charge in [-0.3, -0.25) is 4.79 Å². The van der Waals surface area contributed by atoms with Crippen molar-refractivity contribution in [1.29, 1.82) is 0 Å². The van der Waals surface area contributed by atoms with Crippen molar-refractivity contribution in [1.82, 2.24) is 10.6 Å². The Balaban J connectivity index is 1.64. The number of hydrogen-bond donors (Lipinski definition) is 3. The van der Waals surface area contributed by atoms with Gasteiger partial charge in [-0.1, -0.05) is 68.3 Å². The quantitative estimate of drug-likeness (QED) is 0.412. The van der Waals surface area contributed by atoms with Gasteiger partial charge in [0.1, 0.15) is 18.7 Å². The Morgan fingerprint density at radius 2 is 1.59 bits per heavy atom. The van der Waals surface area contributed by atoms with Crippen molar-refractivity contribution in [3.8, 4) is 11.1 Å². The lowest BCUT2D eigenvalue weighted by Crippen LogP contribution is -2.51. The van der Waals surface area contributed by atoms with E-state index in [2.05, 4.69) is 22.8 Å². The minimum atomic E-state index is -1.09. The van der Waals surface area contributed by atoms with Gasteiger partial charge >= 0.3 is 12.1 Å². The van der Waals surface area contributed by atoms with E-state index in [0.29, 0.717) is 25.0 Å². The average Bonchev–Trinajstić information content (AvgIpc) is 3.16. The number of hydrogen-bond acceptors (Lipinski definition) is 5. The molecule has 2 atom stereocenters. The van der Waals surface area contributed by atoms with Crippen LogP contribution in [-0.2, 0) is 14.3 Å². The van der Waals surface area contributed by atoms with Gasteiger partial charge in [-0.2, -0.15) is 11.8 Å². The van der Waals surface area contributed by atoms with Gasteiger partial charge in [0.2, 0.25) is 5.91 Å². The van der Waals surface area contributed by atoms with E-state index in [-0.39, 0.29) is 12.5 Å². The molecule has 2 unspecified atom stereocenters. The fourth-order valence-electron chi connectivity index (χ4n) is 4.22. The molecular weight excluding hydrogens is 452 g/mol. The van der Waals surface area contributed by atoms with Crippen LogP contribution in [0.3, 0.4) is 0 Å². The Kier molecular flexibility index (Phi) is 9.39. The fraction of sp³-hybridized carbons (Fsp3) is 0.423. The molecule has 2 aromatic carbocycles. The second-order valence-corrected chi connectivity index (χ2v) is 9.33. The zero-order valence-corrected chi connectivity index (χ0v) is 20.4.